The zero-order valence-corrected chi connectivity index (χ0v) is 12.9. The third-order valence-electron chi connectivity index (χ3n) is 2.07. The molecule has 3 nitrogen and oxygen atoms in total. The number of rotatable bonds is 4. The number of thiophene rings is 1. The van der Waals surface area contributed by atoms with Crippen molar-refractivity contribution in [2.75, 3.05) is 0 Å². The number of aromatic nitrogens is 1. The largest absolute Gasteiger partial charge is 0.271 e. The van der Waals surface area contributed by atoms with Crippen LogP contribution >= 0.6 is 54.5 Å². The molecule has 2 rings (SSSR count). The van der Waals surface area contributed by atoms with E-state index in [1.807, 2.05) is 11.6 Å². The van der Waals surface area contributed by atoms with E-state index in [0.717, 1.165) is 19.7 Å². The number of hydrogen-bond donors (Lipinski definition) is 2. The van der Waals surface area contributed by atoms with Crippen LogP contribution in [0.15, 0.2) is 25.9 Å². The van der Waals surface area contributed by atoms with E-state index < -0.39 is 0 Å². The van der Waals surface area contributed by atoms with Crippen molar-refractivity contribution in [2.45, 2.75) is 12.5 Å². The molecule has 0 aromatic carbocycles. The second-order valence-corrected chi connectivity index (χ2v) is 7.35. The van der Waals surface area contributed by atoms with Crippen molar-refractivity contribution in [1.82, 2.24) is 10.4 Å². The summed E-state index contributed by atoms with van der Waals surface area (Å²) in [6.45, 7) is 0. The van der Waals surface area contributed by atoms with Gasteiger partial charge in [0.2, 0.25) is 0 Å². The number of nitrogens with two attached hydrogens (primary N) is 1. The van der Waals surface area contributed by atoms with Gasteiger partial charge in [-0.15, -0.1) is 22.7 Å². The molecule has 0 saturated heterocycles. The van der Waals surface area contributed by atoms with E-state index in [1.54, 1.807) is 22.7 Å². The predicted molar refractivity (Wildman–Crippen MR) is 75.6 cm³/mol. The highest BCUT2D eigenvalue weighted by Gasteiger charge is 2.16. The highest BCUT2D eigenvalue weighted by Crippen LogP contribution is 2.36. The van der Waals surface area contributed by atoms with Crippen LogP contribution in [0, 0.1) is 0 Å². The van der Waals surface area contributed by atoms with E-state index in [-0.39, 0.29) is 6.04 Å². The molecule has 0 saturated carbocycles. The molecule has 0 amide bonds. The van der Waals surface area contributed by atoms with Gasteiger partial charge < -0.3 is 0 Å². The molecule has 3 N–H and O–H groups in total. The summed E-state index contributed by atoms with van der Waals surface area (Å²) in [5.41, 5.74) is 2.83. The standard InChI is InChI=1S/C9H9Br2N3S2/c10-5-3-7(16-9(5)11)6(14-12)4-8-13-1-2-15-8/h1-3,6,14H,4,12H2. The van der Waals surface area contributed by atoms with Crippen LogP contribution in [-0.2, 0) is 6.42 Å². The molecule has 0 fully saturated rings. The summed E-state index contributed by atoms with van der Waals surface area (Å²) < 4.78 is 2.15. The second-order valence-electron chi connectivity index (χ2n) is 3.12. The summed E-state index contributed by atoms with van der Waals surface area (Å²) in [7, 11) is 0. The Labute approximate surface area is 118 Å². The van der Waals surface area contributed by atoms with Crippen LogP contribution in [0.4, 0.5) is 0 Å². The molecule has 16 heavy (non-hydrogen) atoms. The number of hydrazine groups is 1. The lowest BCUT2D eigenvalue weighted by Gasteiger charge is -2.11. The Morgan fingerprint density at radius 2 is 2.31 bits per heavy atom. The second kappa shape index (κ2) is 5.70. The quantitative estimate of drug-likeness (QED) is 0.628. The molecular formula is C9H9Br2N3S2. The number of halogens is 2. The predicted octanol–water partition coefficient (Wildman–Crippen LogP) is 3.48. The fourth-order valence-corrected chi connectivity index (χ4v) is 4.12. The van der Waals surface area contributed by atoms with Gasteiger partial charge in [0.15, 0.2) is 0 Å². The molecule has 0 radical (unpaired) electrons. The van der Waals surface area contributed by atoms with Crippen LogP contribution in [0.1, 0.15) is 15.9 Å². The van der Waals surface area contributed by atoms with Gasteiger partial charge in [-0.25, -0.2) is 4.98 Å². The summed E-state index contributed by atoms with van der Waals surface area (Å²) >= 11 is 10.3. The molecule has 2 aromatic rings. The first-order chi connectivity index (χ1) is 7.70. The summed E-state index contributed by atoms with van der Waals surface area (Å²) in [6, 6.07) is 2.19. The lowest BCUT2D eigenvalue weighted by Crippen LogP contribution is -2.28. The first-order valence-electron chi connectivity index (χ1n) is 4.50. The van der Waals surface area contributed by atoms with Crippen LogP contribution in [0.3, 0.4) is 0 Å². The van der Waals surface area contributed by atoms with Crippen molar-refractivity contribution in [3.05, 3.63) is 35.8 Å². The van der Waals surface area contributed by atoms with Crippen molar-refractivity contribution >= 4 is 54.5 Å². The number of nitrogens with zero attached hydrogens (tertiary/aromatic N) is 1. The highest BCUT2D eigenvalue weighted by atomic mass is 79.9. The molecule has 0 aliphatic carbocycles. The third kappa shape index (κ3) is 2.91. The molecule has 0 spiro atoms. The molecule has 0 bridgehead atoms. The monoisotopic (exact) mass is 381 g/mol. The Kier molecular flexibility index (Phi) is 4.51. The summed E-state index contributed by atoms with van der Waals surface area (Å²) in [4.78, 5) is 5.45. The van der Waals surface area contributed by atoms with Gasteiger partial charge in [0, 0.05) is 27.3 Å². The minimum absolute atomic E-state index is 0.110. The molecule has 1 unspecified atom stereocenters. The SMILES string of the molecule is NNC(Cc1nccs1)c1cc(Br)c(Br)s1. The molecule has 86 valence electrons. The van der Waals surface area contributed by atoms with E-state index in [1.165, 1.54) is 4.88 Å². The molecule has 0 aliphatic rings. The molecule has 2 aromatic heterocycles. The van der Waals surface area contributed by atoms with Crippen molar-refractivity contribution in [2.24, 2.45) is 5.84 Å². The lowest BCUT2D eigenvalue weighted by molar-refractivity contribution is 0.559. The summed E-state index contributed by atoms with van der Waals surface area (Å²) in [6.07, 6.45) is 2.63. The Bertz CT molecular complexity index is 436. The number of nitrogens with one attached hydrogen (secondary N) is 1. The van der Waals surface area contributed by atoms with Crippen LogP contribution in [0.25, 0.3) is 0 Å². The Balaban J connectivity index is 2.16. The minimum atomic E-state index is 0.110. The maximum atomic E-state index is 5.58. The lowest BCUT2D eigenvalue weighted by atomic mass is 10.2. The van der Waals surface area contributed by atoms with Gasteiger partial charge in [-0.05, 0) is 37.9 Å². The molecule has 0 aliphatic heterocycles. The van der Waals surface area contributed by atoms with Crippen LogP contribution in [0.5, 0.6) is 0 Å². The summed E-state index contributed by atoms with van der Waals surface area (Å²) in [5.74, 6) is 5.58. The summed E-state index contributed by atoms with van der Waals surface area (Å²) in [5, 5.41) is 3.06. The topological polar surface area (TPSA) is 50.9 Å². The maximum absolute atomic E-state index is 5.58. The van der Waals surface area contributed by atoms with E-state index in [4.69, 9.17) is 5.84 Å². The van der Waals surface area contributed by atoms with Gasteiger partial charge in [-0.1, -0.05) is 0 Å². The Morgan fingerprint density at radius 3 is 2.81 bits per heavy atom. The van der Waals surface area contributed by atoms with E-state index in [9.17, 15) is 0 Å². The van der Waals surface area contributed by atoms with Crippen molar-refractivity contribution < 1.29 is 0 Å². The van der Waals surface area contributed by atoms with Crippen LogP contribution < -0.4 is 11.3 Å². The first kappa shape index (κ1) is 12.7. The van der Waals surface area contributed by atoms with Gasteiger partial charge in [0.05, 0.1) is 14.8 Å². The molecule has 2 heterocycles. The Hall–Kier alpha value is 0.210. The van der Waals surface area contributed by atoms with E-state index >= 15 is 0 Å². The van der Waals surface area contributed by atoms with E-state index in [0.29, 0.717) is 0 Å². The van der Waals surface area contributed by atoms with Crippen molar-refractivity contribution in [1.29, 1.82) is 0 Å². The highest BCUT2D eigenvalue weighted by molar-refractivity contribution is 9.13. The molecule has 7 heteroatoms. The average Bonchev–Trinajstić information content (AvgIpc) is 2.86. The fourth-order valence-electron chi connectivity index (χ4n) is 1.31. The average molecular weight is 383 g/mol. The van der Waals surface area contributed by atoms with Crippen LogP contribution in [0.2, 0.25) is 0 Å². The zero-order valence-electron chi connectivity index (χ0n) is 8.11. The zero-order chi connectivity index (χ0) is 11.5. The third-order valence-corrected chi connectivity index (χ3v) is 6.24. The van der Waals surface area contributed by atoms with E-state index in [2.05, 4.69) is 48.3 Å². The first-order valence-corrected chi connectivity index (χ1v) is 7.78. The van der Waals surface area contributed by atoms with Gasteiger partial charge in [-0.3, -0.25) is 11.3 Å². The van der Waals surface area contributed by atoms with Crippen LogP contribution in [-0.4, -0.2) is 4.98 Å². The smallest absolute Gasteiger partial charge is 0.0944 e. The van der Waals surface area contributed by atoms with Gasteiger partial charge >= 0.3 is 0 Å². The normalized spacial score (nSPS) is 12.9. The van der Waals surface area contributed by atoms with Gasteiger partial charge in [0.25, 0.3) is 0 Å². The minimum Gasteiger partial charge on any atom is -0.271 e. The number of hydrogen-bond acceptors (Lipinski definition) is 5. The van der Waals surface area contributed by atoms with Gasteiger partial charge in [-0.2, -0.15) is 0 Å². The van der Waals surface area contributed by atoms with Gasteiger partial charge in [0.1, 0.15) is 0 Å². The molecular weight excluding hydrogens is 374 g/mol. The van der Waals surface area contributed by atoms with Crippen molar-refractivity contribution in [3.8, 4) is 0 Å². The molecule has 1 atom stereocenters. The Morgan fingerprint density at radius 1 is 1.50 bits per heavy atom. The fraction of sp³-hybridized carbons (Fsp3) is 0.222. The van der Waals surface area contributed by atoms with Crippen molar-refractivity contribution in [3.63, 3.8) is 0 Å². The maximum Gasteiger partial charge on any atom is 0.0944 e. The number of thiazole rings is 1.